The molecule has 0 N–H and O–H groups in total. The molecule has 13 heteroatoms. The number of carbonyl (C=O) groups is 2. The van der Waals surface area contributed by atoms with E-state index in [1.165, 1.54) is 23.0 Å². The van der Waals surface area contributed by atoms with E-state index < -0.39 is 18.0 Å². The van der Waals surface area contributed by atoms with E-state index in [9.17, 15) is 14.4 Å². The number of allylic oxidation sites excluding steroid dienone is 2. The summed E-state index contributed by atoms with van der Waals surface area (Å²) in [5, 5.41) is 0. The molecule has 1 aliphatic heterocycles. The molecule has 1 aliphatic rings. The molecule has 0 amide bonds. The quantitative estimate of drug-likeness (QED) is 0.0753. The molecule has 2 heterocycles. The van der Waals surface area contributed by atoms with Crippen LogP contribution in [0.15, 0.2) is 88.3 Å². The summed E-state index contributed by atoms with van der Waals surface area (Å²) >= 11 is 3.48. The van der Waals surface area contributed by atoms with Crippen LogP contribution in [0.25, 0.3) is 6.08 Å². The molecule has 5 rings (SSSR count). The Balaban J connectivity index is 1.63. The maximum atomic E-state index is 14.4. The minimum Gasteiger partial charge on any atom is -0.490 e. The number of nitrogens with zero attached hydrogens (tertiary/aromatic N) is 2. The van der Waals surface area contributed by atoms with Gasteiger partial charge in [-0.2, -0.15) is 0 Å². The fourth-order valence-corrected chi connectivity index (χ4v) is 7.18. The zero-order valence-corrected chi connectivity index (χ0v) is 33.2. The van der Waals surface area contributed by atoms with E-state index in [2.05, 4.69) is 29.2 Å². The monoisotopic (exact) mass is 852 g/mol. The summed E-state index contributed by atoms with van der Waals surface area (Å²) in [5.41, 5.74) is 3.45. The second-order valence-electron chi connectivity index (χ2n) is 11.7. The minimum atomic E-state index is -0.895. The maximum absolute atomic E-state index is 14.4. The highest BCUT2D eigenvalue weighted by Gasteiger charge is 2.34. The Morgan fingerprint density at radius 2 is 1.68 bits per heavy atom. The molecular formula is C40H41IN2O9S. The van der Waals surface area contributed by atoms with Gasteiger partial charge in [-0.05, 0) is 116 Å². The van der Waals surface area contributed by atoms with E-state index in [0.717, 1.165) is 20.3 Å². The molecule has 0 saturated carbocycles. The molecule has 0 bridgehead atoms. The molecule has 1 aromatic heterocycles. The Bertz CT molecular complexity index is 2210. The summed E-state index contributed by atoms with van der Waals surface area (Å²) < 4.78 is 37.1. The number of hydrogen-bond donors (Lipinski definition) is 0. The molecule has 3 aromatic carbocycles. The van der Waals surface area contributed by atoms with Gasteiger partial charge in [0.15, 0.2) is 34.4 Å². The Kier molecular flexibility index (Phi) is 13.5. The number of aromatic nitrogens is 1. The summed E-state index contributed by atoms with van der Waals surface area (Å²) in [6.07, 6.45) is 4.09. The van der Waals surface area contributed by atoms with Gasteiger partial charge in [-0.25, -0.2) is 14.6 Å². The first-order valence-corrected chi connectivity index (χ1v) is 19.0. The van der Waals surface area contributed by atoms with Crippen molar-refractivity contribution in [3.8, 4) is 23.0 Å². The molecular weight excluding hydrogens is 811 g/mol. The lowest BCUT2D eigenvalue weighted by atomic mass is 9.95. The van der Waals surface area contributed by atoms with E-state index in [1.807, 2.05) is 50.2 Å². The molecule has 0 saturated heterocycles. The molecule has 0 radical (unpaired) electrons. The van der Waals surface area contributed by atoms with Crippen molar-refractivity contribution in [2.45, 2.75) is 46.8 Å². The number of ether oxygens (including phenoxy) is 6. The number of esters is 2. The lowest BCUT2D eigenvalue weighted by Gasteiger charge is -2.25. The van der Waals surface area contributed by atoms with Crippen LogP contribution < -0.4 is 33.8 Å². The highest BCUT2D eigenvalue weighted by atomic mass is 127. The summed E-state index contributed by atoms with van der Waals surface area (Å²) in [7, 11) is 1.27. The zero-order valence-electron chi connectivity index (χ0n) is 30.2. The first kappa shape index (κ1) is 39.3. The van der Waals surface area contributed by atoms with E-state index in [0.29, 0.717) is 69.8 Å². The van der Waals surface area contributed by atoms with Crippen LogP contribution in [0.1, 0.15) is 56.0 Å². The smallest absolute Gasteiger partial charge is 0.343 e. The van der Waals surface area contributed by atoms with Crippen molar-refractivity contribution in [3.05, 3.63) is 124 Å². The summed E-state index contributed by atoms with van der Waals surface area (Å²) in [6, 6.07) is 16.1. The van der Waals surface area contributed by atoms with Crippen LogP contribution in [0.4, 0.5) is 0 Å². The number of rotatable bonds is 16. The van der Waals surface area contributed by atoms with Gasteiger partial charge in [0.1, 0.15) is 6.61 Å². The number of thiazole rings is 1. The number of halogens is 1. The first-order valence-electron chi connectivity index (χ1n) is 17.1. The summed E-state index contributed by atoms with van der Waals surface area (Å²) in [4.78, 5) is 44.8. The second-order valence-corrected chi connectivity index (χ2v) is 13.9. The third-order valence-electron chi connectivity index (χ3n) is 8.09. The predicted molar refractivity (Wildman–Crippen MR) is 211 cm³/mol. The van der Waals surface area contributed by atoms with E-state index in [1.54, 1.807) is 44.2 Å². The van der Waals surface area contributed by atoms with Crippen molar-refractivity contribution < 1.29 is 38.0 Å². The van der Waals surface area contributed by atoms with Gasteiger partial charge in [0.05, 0.1) is 48.8 Å². The van der Waals surface area contributed by atoms with Crippen LogP contribution in [-0.2, 0) is 32.1 Å². The predicted octanol–water partition coefficient (Wildman–Crippen LogP) is 6.06. The van der Waals surface area contributed by atoms with E-state index in [-0.39, 0.29) is 24.3 Å². The highest BCUT2D eigenvalue weighted by molar-refractivity contribution is 14.1. The first-order chi connectivity index (χ1) is 25.6. The number of hydrogen-bond acceptors (Lipinski definition) is 11. The molecule has 0 fully saturated rings. The largest absolute Gasteiger partial charge is 0.490 e. The van der Waals surface area contributed by atoms with Gasteiger partial charge >= 0.3 is 11.9 Å². The Labute approximate surface area is 325 Å². The average Bonchev–Trinajstić information content (AvgIpc) is 3.44. The van der Waals surface area contributed by atoms with E-state index in [4.69, 9.17) is 33.4 Å². The van der Waals surface area contributed by atoms with Gasteiger partial charge in [0.2, 0.25) is 0 Å². The Hall–Kier alpha value is -4.89. The number of methoxy groups -OCH3 is 1. The summed E-state index contributed by atoms with van der Waals surface area (Å²) in [5.74, 6) is 0.652. The van der Waals surface area contributed by atoms with Gasteiger partial charge in [0.25, 0.3) is 5.56 Å². The molecule has 4 aromatic rings. The number of fused-ring (bicyclic) bond motifs is 1. The SMILES string of the molecule is C=CCc1cc(/C=c2\sc3n(c2=O)[C@H](c2ccc(OCC(=O)OC)c(OCC)c2)C(C(=O)OCC)=C(C)N=3)cc(OCC)c1OCc1ccc(I)cc1. The van der Waals surface area contributed by atoms with Crippen molar-refractivity contribution in [2.75, 3.05) is 33.5 Å². The maximum Gasteiger partial charge on any atom is 0.343 e. The lowest BCUT2D eigenvalue weighted by molar-refractivity contribution is -0.143. The molecule has 53 heavy (non-hydrogen) atoms. The molecule has 0 spiro atoms. The van der Waals surface area contributed by atoms with Crippen molar-refractivity contribution in [1.29, 1.82) is 0 Å². The summed E-state index contributed by atoms with van der Waals surface area (Å²) in [6.45, 7) is 12.0. The fourth-order valence-electron chi connectivity index (χ4n) is 5.77. The Morgan fingerprint density at radius 3 is 2.36 bits per heavy atom. The Morgan fingerprint density at radius 1 is 0.943 bits per heavy atom. The van der Waals surface area contributed by atoms with Gasteiger partial charge in [0, 0.05) is 9.13 Å². The van der Waals surface area contributed by atoms with Gasteiger partial charge in [-0.1, -0.05) is 35.6 Å². The average molecular weight is 853 g/mol. The van der Waals surface area contributed by atoms with Crippen molar-refractivity contribution in [1.82, 2.24) is 4.57 Å². The van der Waals surface area contributed by atoms with Crippen LogP contribution in [0.2, 0.25) is 0 Å². The van der Waals surface area contributed by atoms with Gasteiger partial charge in [-0.3, -0.25) is 9.36 Å². The second kappa shape index (κ2) is 18.2. The molecule has 11 nitrogen and oxygen atoms in total. The third kappa shape index (κ3) is 9.19. The van der Waals surface area contributed by atoms with Crippen LogP contribution in [0.3, 0.4) is 0 Å². The van der Waals surface area contributed by atoms with Crippen LogP contribution >= 0.6 is 33.9 Å². The minimum absolute atomic E-state index is 0.136. The topological polar surface area (TPSA) is 124 Å². The number of carbonyl (C=O) groups excluding carboxylic acids is 2. The highest BCUT2D eigenvalue weighted by Crippen LogP contribution is 2.37. The third-order valence-corrected chi connectivity index (χ3v) is 9.79. The molecule has 0 unspecified atom stereocenters. The van der Waals surface area contributed by atoms with Crippen LogP contribution in [-0.4, -0.2) is 50.0 Å². The van der Waals surface area contributed by atoms with Gasteiger partial charge < -0.3 is 28.4 Å². The van der Waals surface area contributed by atoms with Crippen molar-refractivity contribution >= 4 is 51.9 Å². The normalized spacial score (nSPS) is 13.8. The van der Waals surface area contributed by atoms with Crippen LogP contribution in [0, 0.1) is 3.57 Å². The van der Waals surface area contributed by atoms with Crippen molar-refractivity contribution in [2.24, 2.45) is 4.99 Å². The standard InChI is InChI=1S/C40H41IN2O9S/c1-7-11-28-18-26(19-32(49-9-3)37(28)52-22-25-12-15-29(41)16-13-25)20-33-38(45)43-36(35(39(46)50-10-4)24(5)42-40(43)53-33)27-14-17-30(31(21-27)48-8-2)51-23-34(44)47-6/h7,12-21,36H,1,8-11,22-23H2,2-6H3/b33-20-/t36-/m1/s1. The fraction of sp³-hybridized carbons (Fsp3) is 0.300. The number of benzene rings is 3. The lowest BCUT2D eigenvalue weighted by Crippen LogP contribution is -2.40. The van der Waals surface area contributed by atoms with E-state index >= 15 is 0 Å². The van der Waals surface area contributed by atoms with Crippen LogP contribution in [0.5, 0.6) is 23.0 Å². The molecule has 278 valence electrons. The zero-order chi connectivity index (χ0) is 38.1. The van der Waals surface area contributed by atoms with Gasteiger partial charge in [-0.15, -0.1) is 6.58 Å². The molecule has 1 atom stereocenters. The van der Waals surface area contributed by atoms with Crippen molar-refractivity contribution in [3.63, 3.8) is 0 Å². The molecule has 0 aliphatic carbocycles.